The maximum atomic E-state index is 9.09. The van der Waals surface area contributed by atoms with Crippen molar-refractivity contribution < 1.29 is 5.11 Å². The third kappa shape index (κ3) is 2.76. The second-order valence-electron chi connectivity index (χ2n) is 3.88. The van der Waals surface area contributed by atoms with Gasteiger partial charge in [-0.15, -0.1) is 0 Å². The van der Waals surface area contributed by atoms with Crippen molar-refractivity contribution in [3.63, 3.8) is 0 Å². The quantitative estimate of drug-likeness (QED) is 0.659. The first-order chi connectivity index (χ1) is 5.76. The lowest BCUT2D eigenvalue weighted by Crippen LogP contribution is -2.48. The molecule has 2 N–H and O–H groups in total. The van der Waals surface area contributed by atoms with E-state index in [0.717, 1.165) is 12.8 Å². The molecule has 0 radical (unpaired) electrons. The van der Waals surface area contributed by atoms with Gasteiger partial charge in [0.05, 0.1) is 6.10 Å². The van der Waals surface area contributed by atoms with Crippen molar-refractivity contribution in [1.82, 2.24) is 5.32 Å². The second-order valence-corrected chi connectivity index (χ2v) is 3.88. The van der Waals surface area contributed by atoms with Gasteiger partial charge in [0.25, 0.3) is 0 Å². The van der Waals surface area contributed by atoms with Crippen molar-refractivity contribution in [2.75, 3.05) is 0 Å². The number of aliphatic hydroxyl groups is 1. The first kappa shape index (κ1) is 10.0. The summed E-state index contributed by atoms with van der Waals surface area (Å²) in [6, 6.07) is 1.27. The van der Waals surface area contributed by atoms with E-state index in [-0.39, 0.29) is 6.10 Å². The largest absolute Gasteiger partial charge is 0.393 e. The molecule has 0 aromatic carbocycles. The van der Waals surface area contributed by atoms with E-state index in [0.29, 0.717) is 12.1 Å². The summed E-state index contributed by atoms with van der Waals surface area (Å²) in [6.07, 6.45) is 5.62. The van der Waals surface area contributed by atoms with E-state index in [1.165, 1.54) is 19.3 Å². The number of hydrogen-bond acceptors (Lipinski definition) is 2. The zero-order valence-electron chi connectivity index (χ0n) is 8.21. The molecule has 1 unspecified atom stereocenters. The Bertz CT molecular complexity index is 121. The highest BCUT2D eigenvalue weighted by atomic mass is 16.3. The van der Waals surface area contributed by atoms with Gasteiger partial charge in [-0.2, -0.15) is 0 Å². The lowest BCUT2D eigenvalue weighted by molar-refractivity contribution is 0.0569. The zero-order valence-corrected chi connectivity index (χ0v) is 8.21. The summed E-state index contributed by atoms with van der Waals surface area (Å²) in [5, 5.41) is 12.7. The van der Waals surface area contributed by atoms with E-state index in [9.17, 15) is 0 Å². The molecule has 2 nitrogen and oxygen atoms in total. The van der Waals surface area contributed by atoms with E-state index in [2.05, 4.69) is 19.2 Å². The predicted octanol–water partition coefficient (Wildman–Crippen LogP) is 1.68. The van der Waals surface area contributed by atoms with Gasteiger partial charge in [0.2, 0.25) is 0 Å². The van der Waals surface area contributed by atoms with E-state index in [1.807, 2.05) is 0 Å². The Labute approximate surface area is 75.4 Å². The monoisotopic (exact) mass is 171 g/mol. The van der Waals surface area contributed by atoms with Crippen molar-refractivity contribution >= 4 is 0 Å². The Morgan fingerprint density at radius 3 is 2.50 bits per heavy atom. The molecule has 1 aliphatic rings. The van der Waals surface area contributed by atoms with Crippen LogP contribution in [0, 0.1) is 0 Å². The van der Waals surface area contributed by atoms with Crippen LogP contribution in [-0.2, 0) is 0 Å². The fourth-order valence-electron chi connectivity index (χ4n) is 1.81. The molecule has 0 heterocycles. The van der Waals surface area contributed by atoms with Crippen molar-refractivity contribution in [1.29, 1.82) is 0 Å². The number of aliphatic hydroxyl groups excluding tert-OH is 1. The van der Waals surface area contributed by atoms with Gasteiger partial charge in [-0.05, 0) is 25.7 Å². The maximum Gasteiger partial charge on any atom is 0.0570 e. The summed E-state index contributed by atoms with van der Waals surface area (Å²) in [5.74, 6) is 0. The summed E-state index contributed by atoms with van der Waals surface area (Å²) in [7, 11) is 0. The summed E-state index contributed by atoms with van der Waals surface area (Å²) in [5.41, 5.74) is 0. The number of nitrogens with one attached hydrogen (secondary N) is 1. The average molecular weight is 171 g/mol. The van der Waals surface area contributed by atoms with E-state index < -0.39 is 0 Å². The fraction of sp³-hybridized carbons (Fsp3) is 1.00. The van der Waals surface area contributed by atoms with Crippen LogP contribution in [0.5, 0.6) is 0 Å². The molecule has 1 saturated carbocycles. The van der Waals surface area contributed by atoms with Crippen LogP contribution < -0.4 is 5.32 Å². The predicted molar refractivity (Wildman–Crippen MR) is 51.2 cm³/mol. The lowest BCUT2D eigenvalue weighted by Gasteiger charge is -2.35. The van der Waals surface area contributed by atoms with Crippen molar-refractivity contribution in [2.24, 2.45) is 0 Å². The molecule has 0 aromatic rings. The van der Waals surface area contributed by atoms with Gasteiger partial charge in [-0.3, -0.25) is 0 Å². The van der Waals surface area contributed by atoms with E-state index in [1.54, 1.807) is 0 Å². The van der Waals surface area contributed by atoms with Gasteiger partial charge >= 0.3 is 0 Å². The Morgan fingerprint density at radius 1 is 1.42 bits per heavy atom. The van der Waals surface area contributed by atoms with Crippen LogP contribution in [0.1, 0.15) is 46.0 Å². The Kier molecular flexibility index (Phi) is 4.02. The highest BCUT2D eigenvalue weighted by Crippen LogP contribution is 2.20. The van der Waals surface area contributed by atoms with Crippen LogP contribution in [0.15, 0.2) is 0 Å². The molecule has 1 fully saturated rings. The molecule has 0 amide bonds. The van der Waals surface area contributed by atoms with Gasteiger partial charge in [-0.25, -0.2) is 0 Å². The summed E-state index contributed by atoms with van der Waals surface area (Å²) in [6.45, 7) is 4.45. The van der Waals surface area contributed by atoms with Crippen LogP contribution in [0.4, 0.5) is 0 Å². The first-order valence-electron chi connectivity index (χ1n) is 5.20. The summed E-state index contributed by atoms with van der Waals surface area (Å²) >= 11 is 0. The molecular weight excluding hydrogens is 150 g/mol. The fourth-order valence-corrected chi connectivity index (χ4v) is 1.81. The first-order valence-corrected chi connectivity index (χ1v) is 5.20. The Hall–Kier alpha value is -0.0800. The molecule has 0 bridgehead atoms. The third-order valence-corrected chi connectivity index (χ3v) is 2.71. The molecule has 0 aliphatic heterocycles. The topological polar surface area (TPSA) is 32.3 Å². The summed E-state index contributed by atoms with van der Waals surface area (Å²) < 4.78 is 0. The Balaban J connectivity index is 2.10. The van der Waals surface area contributed by atoms with Crippen LogP contribution in [0.2, 0.25) is 0 Å². The number of rotatable bonds is 5. The van der Waals surface area contributed by atoms with Crippen molar-refractivity contribution in [3.05, 3.63) is 0 Å². The minimum atomic E-state index is -0.0263. The standard InChI is InChI=1S/C10H21NO/c1-3-5-8(4-2)11-9-6-10(12)7-9/h8-12H,3-7H2,1-2H3. The zero-order chi connectivity index (χ0) is 8.97. The minimum Gasteiger partial charge on any atom is -0.393 e. The molecule has 72 valence electrons. The SMILES string of the molecule is CCCC(CC)NC1CC(O)C1. The molecule has 2 heteroatoms. The van der Waals surface area contributed by atoms with E-state index in [4.69, 9.17) is 5.11 Å². The minimum absolute atomic E-state index is 0.0263. The molecule has 1 aliphatic carbocycles. The van der Waals surface area contributed by atoms with Gasteiger partial charge in [0, 0.05) is 12.1 Å². The molecule has 1 rings (SSSR count). The molecular formula is C10H21NO. The molecule has 0 saturated heterocycles. The smallest absolute Gasteiger partial charge is 0.0570 e. The van der Waals surface area contributed by atoms with Gasteiger partial charge < -0.3 is 10.4 Å². The highest BCUT2D eigenvalue weighted by molar-refractivity contribution is 4.86. The summed E-state index contributed by atoms with van der Waals surface area (Å²) in [4.78, 5) is 0. The molecule has 1 atom stereocenters. The van der Waals surface area contributed by atoms with Gasteiger partial charge in [-0.1, -0.05) is 20.3 Å². The van der Waals surface area contributed by atoms with Gasteiger partial charge in [0.15, 0.2) is 0 Å². The van der Waals surface area contributed by atoms with Crippen LogP contribution in [-0.4, -0.2) is 23.3 Å². The third-order valence-electron chi connectivity index (χ3n) is 2.71. The second kappa shape index (κ2) is 4.83. The number of hydrogen-bond donors (Lipinski definition) is 2. The van der Waals surface area contributed by atoms with Crippen molar-refractivity contribution in [3.8, 4) is 0 Å². The van der Waals surface area contributed by atoms with Crippen LogP contribution in [0.25, 0.3) is 0 Å². The maximum absolute atomic E-state index is 9.09. The molecule has 12 heavy (non-hydrogen) atoms. The molecule has 0 spiro atoms. The highest BCUT2D eigenvalue weighted by Gasteiger charge is 2.27. The van der Waals surface area contributed by atoms with Crippen LogP contribution in [0.3, 0.4) is 0 Å². The average Bonchev–Trinajstić information content (AvgIpc) is 2.00. The van der Waals surface area contributed by atoms with E-state index >= 15 is 0 Å². The normalized spacial score (nSPS) is 31.2. The Morgan fingerprint density at radius 2 is 2.08 bits per heavy atom. The lowest BCUT2D eigenvalue weighted by atomic mass is 9.88. The van der Waals surface area contributed by atoms with Crippen LogP contribution >= 0.6 is 0 Å². The molecule has 0 aromatic heterocycles. The van der Waals surface area contributed by atoms with Gasteiger partial charge in [0.1, 0.15) is 0 Å². The van der Waals surface area contributed by atoms with Crippen molar-refractivity contribution in [2.45, 2.75) is 64.1 Å².